The van der Waals surface area contributed by atoms with Gasteiger partial charge in [-0.25, -0.2) is 0 Å². The first-order valence-corrected chi connectivity index (χ1v) is 10.2. The fourth-order valence-electron chi connectivity index (χ4n) is 3.11. The Labute approximate surface area is 167 Å². The average molecular weight is 397 g/mol. The molecular weight excluding hydrogens is 364 g/mol. The van der Waals surface area contributed by atoms with Crippen LogP contribution in [0.1, 0.15) is 93.6 Å². The lowest BCUT2D eigenvalue weighted by molar-refractivity contribution is -0.126. The van der Waals surface area contributed by atoms with Crippen LogP contribution in [0.4, 0.5) is 0 Å². The molecule has 0 amide bonds. The first kappa shape index (κ1) is 23.5. The topological polar surface area (TPSA) is 74.6 Å². The van der Waals surface area contributed by atoms with Crippen LogP contribution in [0, 0.1) is 12.3 Å². The molecule has 152 valence electrons. The second-order valence-electron chi connectivity index (χ2n) is 8.29. The van der Waals surface area contributed by atoms with E-state index in [-0.39, 0.29) is 27.5 Å². The maximum Gasteiger partial charge on any atom is 0.154 e. The van der Waals surface area contributed by atoms with Crippen molar-refractivity contribution < 1.29 is 19.8 Å². The van der Waals surface area contributed by atoms with E-state index in [1.807, 2.05) is 20.8 Å². The van der Waals surface area contributed by atoms with Crippen molar-refractivity contribution in [2.24, 2.45) is 5.41 Å². The Balaban J connectivity index is 2.31. The number of hydrogen-bond acceptors (Lipinski definition) is 4. The summed E-state index contributed by atoms with van der Waals surface area (Å²) in [5.74, 6) is 0.0438. The van der Waals surface area contributed by atoms with Gasteiger partial charge in [-0.3, -0.25) is 9.59 Å². The zero-order valence-corrected chi connectivity index (χ0v) is 17.8. The number of benzene rings is 1. The first-order valence-electron chi connectivity index (χ1n) is 9.82. The van der Waals surface area contributed by atoms with E-state index in [1.54, 1.807) is 6.92 Å². The van der Waals surface area contributed by atoms with Crippen LogP contribution in [-0.2, 0) is 11.2 Å². The predicted octanol–water partition coefficient (Wildman–Crippen LogP) is 6.15. The van der Waals surface area contributed by atoms with Crippen LogP contribution >= 0.6 is 11.6 Å². The monoisotopic (exact) mass is 396 g/mol. The SMILES string of the molecule is Cc1c(Cl)c(O)c(CCCCCCCCCC(=O)C(C)(C)C)c(O)c1C=O. The van der Waals surface area contributed by atoms with Gasteiger partial charge in [-0.15, -0.1) is 0 Å². The van der Waals surface area contributed by atoms with Gasteiger partial charge < -0.3 is 10.2 Å². The molecule has 0 radical (unpaired) electrons. The number of aldehydes is 1. The number of halogens is 1. The van der Waals surface area contributed by atoms with Crippen molar-refractivity contribution in [3.63, 3.8) is 0 Å². The summed E-state index contributed by atoms with van der Waals surface area (Å²) < 4.78 is 0. The van der Waals surface area contributed by atoms with E-state index in [2.05, 4.69) is 0 Å². The highest BCUT2D eigenvalue weighted by Gasteiger charge is 2.20. The summed E-state index contributed by atoms with van der Waals surface area (Å²) in [6.07, 6.45) is 8.80. The van der Waals surface area contributed by atoms with Crippen molar-refractivity contribution in [2.45, 2.75) is 85.5 Å². The molecule has 1 rings (SSSR count). The quantitative estimate of drug-likeness (QED) is 0.347. The second-order valence-corrected chi connectivity index (χ2v) is 8.67. The van der Waals surface area contributed by atoms with Gasteiger partial charge in [0.15, 0.2) is 6.29 Å². The van der Waals surface area contributed by atoms with Gasteiger partial charge in [0.25, 0.3) is 0 Å². The molecule has 0 unspecified atom stereocenters. The van der Waals surface area contributed by atoms with Crippen LogP contribution < -0.4 is 0 Å². The van der Waals surface area contributed by atoms with Crippen molar-refractivity contribution in [3.05, 3.63) is 21.7 Å². The van der Waals surface area contributed by atoms with Crippen molar-refractivity contribution in [3.8, 4) is 11.5 Å². The average Bonchev–Trinajstić information content (AvgIpc) is 2.60. The molecule has 0 spiro atoms. The van der Waals surface area contributed by atoms with Gasteiger partial charge in [-0.2, -0.15) is 0 Å². The van der Waals surface area contributed by atoms with Gasteiger partial charge in [-0.05, 0) is 31.7 Å². The van der Waals surface area contributed by atoms with E-state index in [9.17, 15) is 19.8 Å². The van der Waals surface area contributed by atoms with Crippen LogP contribution in [0.5, 0.6) is 11.5 Å². The molecule has 0 saturated heterocycles. The largest absolute Gasteiger partial charge is 0.507 e. The summed E-state index contributed by atoms with van der Waals surface area (Å²) in [6, 6.07) is 0. The number of unbranched alkanes of at least 4 members (excludes halogenated alkanes) is 6. The van der Waals surface area contributed by atoms with Gasteiger partial charge in [0.05, 0.1) is 10.6 Å². The normalized spacial score (nSPS) is 11.6. The molecule has 0 aliphatic carbocycles. The lowest BCUT2D eigenvalue weighted by Gasteiger charge is -2.16. The minimum atomic E-state index is -0.236. The molecule has 1 aromatic carbocycles. The van der Waals surface area contributed by atoms with Gasteiger partial charge in [0.1, 0.15) is 17.3 Å². The first-order chi connectivity index (χ1) is 12.6. The van der Waals surface area contributed by atoms with E-state index in [1.165, 1.54) is 0 Å². The van der Waals surface area contributed by atoms with E-state index in [0.29, 0.717) is 36.0 Å². The summed E-state index contributed by atoms with van der Waals surface area (Å²) in [5.41, 5.74) is 0.668. The number of carbonyl (C=O) groups is 2. The van der Waals surface area contributed by atoms with E-state index < -0.39 is 0 Å². The molecule has 2 N–H and O–H groups in total. The molecule has 0 heterocycles. The van der Waals surface area contributed by atoms with Crippen molar-refractivity contribution in [1.29, 1.82) is 0 Å². The molecule has 27 heavy (non-hydrogen) atoms. The zero-order valence-electron chi connectivity index (χ0n) is 17.0. The fraction of sp³-hybridized carbons (Fsp3) is 0.636. The molecule has 4 nitrogen and oxygen atoms in total. The van der Waals surface area contributed by atoms with Crippen LogP contribution in [0.3, 0.4) is 0 Å². The highest BCUT2D eigenvalue weighted by Crippen LogP contribution is 2.40. The van der Waals surface area contributed by atoms with Gasteiger partial charge in [0.2, 0.25) is 0 Å². The van der Waals surface area contributed by atoms with Crippen molar-refractivity contribution in [1.82, 2.24) is 0 Å². The van der Waals surface area contributed by atoms with Crippen LogP contribution in [0.2, 0.25) is 5.02 Å². The number of Topliss-reactive ketones (excluding diaryl/α,β-unsaturated/α-hetero) is 1. The maximum atomic E-state index is 11.8. The Morgan fingerprint density at radius 2 is 1.48 bits per heavy atom. The Bertz CT molecular complexity index is 660. The maximum absolute atomic E-state index is 11.8. The fourth-order valence-corrected chi connectivity index (χ4v) is 3.32. The summed E-state index contributed by atoms with van der Waals surface area (Å²) in [6.45, 7) is 7.49. The summed E-state index contributed by atoms with van der Waals surface area (Å²) in [4.78, 5) is 23.0. The van der Waals surface area contributed by atoms with Gasteiger partial charge >= 0.3 is 0 Å². The Morgan fingerprint density at radius 3 is 2.00 bits per heavy atom. The molecule has 5 heteroatoms. The predicted molar refractivity (Wildman–Crippen MR) is 110 cm³/mol. The molecular formula is C22H33ClO4. The van der Waals surface area contributed by atoms with Crippen LogP contribution in [0.25, 0.3) is 0 Å². The van der Waals surface area contributed by atoms with E-state index in [4.69, 9.17) is 11.6 Å². The number of aromatic hydroxyl groups is 2. The standard InChI is InChI=1S/C22H33ClO4/c1-15-17(14-24)20(26)16(21(27)19(15)23)12-10-8-6-5-7-9-11-13-18(25)22(2,3)4/h14,26-27H,5-13H2,1-4H3. The molecule has 0 fully saturated rings. The molecule has 0 atom stereocenters. The smallest absolute Gasteiger partial charge is 0.154 e. The van der Waals surface area contributed by atoms with E-state index in [0.717, 1.165) is 44.9 Å². The van der Waals surface area contributed by atoms with Crippen molar-refractivity contribution in [2.75, 3.05) is 0 Å². The molecule has 0 aliphatic rings. The lowest BCUT2D eigenvalue weighted by Crippen LogP contribution is -2.19. The van der Waals surface area contributed by atoms with Gasteiger partial charge in [-0.1, -0.05) is 64.5 Å². The molecule has 0 saturated carbocycles. The van der Waals surface area contributed by atoms with Crippen molar-refractivity contribution >= 4 is 23.7 Å². The highest BCUT2D eigenvalue weighted by atomic mass is 35.5. The second kappa shape index (κ2) is 10.7. The summed E-state index contributed by atoms with van der Waals surface area (Å²) >= 11 is 6.06. The number of phenols is 2. The Hall–Kier alpha value is -1.55. The van der Waals surface area contributed by atoms with Gasteiger partial charge in [0, 0.05) is 17.4 Å². The minimum absolute atomic E-state index is 0.124. The molecule has 0 bridgehead atoms. The Kier molecular flexibility index (Phi) is 9.31. The number of carbonyl (C=O) groups excluding carboxylic acids is 2. The minimum Gasteiger partial charge on any atom is -0.507 e. The van der Waals surface area contributed by atoms with Crippen LogP contribution in [-0.4, -0.2) is 22.3 Å². The number of phenolic OH excluding ortho intramolecular Hbond substituents is 2. The van der Waals surface area contributed by atoms with E-state index >= 15 is 0 Å². The summed E-state index contributed by atoms with van der Waals surface area (Å²) in [5, 5.41) is 20.5. The third-order valence-electron chi connectivity index (χ3n) is 5.05. The molecule has 1 aromatic rings. The number of ketones is 1. The number of rotatable bonds is 11. The van der Waals surface area contributed by atoms with Crippen LogP contribution in [0.15, 0.2) is 0 Å². The molecule has 0 aliphatic heterocycles. The third-order valence-corrected chi connectivity index (χ3v) is 5.52. The third kappa shape index (κ3) is 6.84. The Morgan fingerprint density at radius 1 is 0.963 bits per heavy atom. The number of hydrogen-bond donors (Lipinski definition) is 2. The highest BCUT2D eigenvalue weighted by molar-refractivity contribution is 6.33. The lowest BCUT2D eigenvalue weighted by atomic mass is 9.88. The summed E-state index contributed by atoms with van der Waals surface area (Å²) in [7, 11) is 0. The molecule has 0 aromatic heterocycles. The zero-order chi connectivity index (χ0) is 20.6.